The number of carbonyl (C=O) groups excluding carboxylic acids is 1. The molecular weight excluding hydrogens is 386 g/mol. The van der Waals surface area contributed by atoms with E-state index >= 15 is 0 Å². The highest BCUT2D eigenvalue weighted by atomic mass is 35.5. The van der Waals surface area contributed by atoms with Crippen molar-refractivity contribution in [3.05, 3.63) is 89.6 Å². The lowest BCUT2D eigenvalue weighted by Gasteiger charge is -2.06. The molecule has 0 saturated heterocycles. The summed E-state index contributed by atoms with van der Waals surface area (Å²) < 4.78 is 5.70. The van der Waals surface area contributed by atoms with Crippen molar-refractivity contribution in [3.8, 4) is 11.3 Å². The molecule has 1 amide bonds. The molecule has 1 heterocycles. The second-order valence-electron chi connectivity index (χ2n) is 6.39. The number of benzene rings is 3. The Morgan fingerprint density at radius 1 is 0.966 bits per heavy atom. The Morgan fingerprint density at radius 3 is 2.62 bits per heavy atom. The fourth-order valence-corrected chi connectivity index (χ4v) is 3.15. The average Bonchev–Trinajstić information content (AvgIpc) is 3.21. The van der Waals surface area contributed by atoms with Crippen LogP contribution >= 0.6 is 11.6 Å². The molecule has 0 atom stereocenters. The molecule has 0 aliphatic heterocycles. The van der Waals surface area contributed by atoms with Gasteiger partial charge in [-0.1, -0.05) is 54.1 Å². The van der Waals surface area contributed by atoms with Gasteiger partial charge in [-0.15, -0.1) is 0 Å². The molecule has 0 aliphatic carbocycles. The minimum Gasteiger partial charge on any atom is -0.455 e. The van der Waals surface area contributed by atoms with Gasteiger partial charge in [0.05, 0.1) is 17.8 Å². The van der Waals surface area contributed by atoms with Gasteiger partial charge >= 0.3 is 0 Å². The molecule has 4 aromatic rings. The Hall–Kier alpha value is -3.57. The molecule has 29 heavy (non-hydrogen) atoms. The van der Waals surface area contributed by atoms with Crippen LogP contribution in [-0.2, 0) is 4.79 Å². The first-order valence-electron chi connectivity index (χ1n) is 9.08. The number of hydrazone groups is 1. The summed E-state index contributed by atoms with van der Waals surface area (Å²) in [7, 11) is 0. The molecule has 6 heteroatoms. The maximum absolute atomic E-state index is 12.0. The molecule has 4 rings (SSSR count). The van der Waals surface area contributed by atoms with Gasteiger partial charge in [-0.3, -0.25) is 4.79 Å². The number of rotatable bonds is 6. The highest BCUT2D eigenvalue weighted by Crippen LogP contribution is 2.28. The molecule has 0 spiro atoms. The number of anilines is 1. The third-order valence-electron chi connectivity index (χ3n) is 4.35. The maximum Gasteiger partial charge on any atom is 0.259 e. The van der Waals surface area contributed by atoms with E-state index in [9.17, 15) is 4.79 Å². The van der Waals surface area contributed by atoms with Crippen LogP contribution in [0.15, 0.2) is 88.4 Å². The maximum atomic E-state index is 12.0. The monoisotopic (exact) mass is 403 g/mol. The van der Waals surface area contributed by atoms with E-state index < -0.39 is 0 Å². The number of amides is 1. The highest BCUT2D eigenvalue weighted by Gasteiger charge is 2.07. The third kappa shape index (κ3) is 4.65. The molecule has 0 saturated carbocycles. The van der Waals surface area contributed by atoms with Gasteiger partial charge in [0.15, 0.2) is 0 Å². The van der Waals surface area contributed by atoms with E-state index in [1.165, 1.54) is 6.21 Å². The van der Waals surface area contributed by atoms with E-state index in [2.05, 4.69) is 15.8 Å². The lowest BCUT2D eigenvalue weighted by atomic mass is 10.1. The second-order valence-corrected chi connectivity index (χ2v) is 6.80. The Morgan fingerprint density at radius 2 is 1.76 bits per heavy atom. The zero-order valence-electron chi connectivity index (χ0n) is 15.4. The number of hydrogen-bond donors (Lipinski definition) is 2. The normalized spacial score (nSPS) is 11.1. The summed E-state index contributed by atoms with van der Waals surface area (Å²) in [5.41, 5.74) is 4.16. The molecular formula is C23H18ClN3O2. The molecule has 0 fully saturated rings. The smallest absolute Gasteiger partial charge is 0.259 e. The first kappa shape index (κ1) is 18.8. The predicted octanol–water partition coefficient (Wildman–Crippen LogP) is 5.32. The molecule has 0 radical (unpaired) electrons. The number of carbonyl (C=O) groups is 1. The second kappa shape index (κ2) is 8.63. The van der Waals surface area contributed by atoms with E-state index in [1.807, 2.05) is 66.7 Å². The molecule has 0 unspecified atom stereocenters. The average molecular weight is 404 g/mol. The van der Waals surface area contributed by atoms with Crippen LogP contribution < -0.4 is 10.7 Å². The van der Waals surface area contributed by atoms with Gasteiger partial charge in [-0.2, -0.15) is 5.10 Å². The highest BCUT2D eigenvalue weighted by molar-refractivity contribution is 6.33. The molecule has 0 bridgehead atoms. The van der Waals surface area contributed by atoms with Crippen LogP contribution in [-0.4, -0.2) is 18.7 Å². The molecule has 144 valence electrons. The fourth-order valence-electron chi connectivity index (χ4n) is 2.92. The van der Waals surface area contributed by atoms with Crippen LogP contribution in [0, 0.1) is 0 Å². The first-order valence-corrected chi connectivity index (χ1v) is 9.46. The topological polar surface area (TPSA) is 66.6 Å². The number of halogens is 1. The van der Waals surface area contributed by atoms with E-state index in [0.29, 0.717) is 16.5 Å². The number of hydrogen-bond acceptors (Lipinski definition) is 4. The van der Waals surface area contributed by atoms with E-state index in [4.69, 9.17) is 16.0 Å². The summed E-state index contributed by atoms with van der Waals surface area (Å²) in [4.78, 5) is 12.0. The standard InChI is InChI=1S/C23H18ClN3O2/c24-21-8-4-3-7-20(21)22-12-11-19(29-22)14-26-27-23(28)15-25-18-10-9-16-5-1-2-6-17(16)13-18/h1-14,25H,15H2,(H,27,28). The van der Waals surface area contributed by atoms with E-state index in [1.54, 1.807) is 12.1 Å². The van der Waals surface area contributed by atoms with Crippen molar-refractivity contribution < 1.29 is 9.21 Å². The SMILES string of the molecule is O=C(CNc1ccc2ccccc2c1)NN=Cc1ccc(-c2ccccc2Cl)o1. The summed E-state index contributed by atoms with van der Waals surface area (Å²) in [6, 6.07) is 25.0. The van der Waals surface area contributed by atoms with Gasteiger partial charge in [-0.05, 0) is 47.2 Å². The van der Waals surface area contributed by atoms with Crippen molar-refractivity contribution in [1.82, 2.24) is 5.43 Å². The van der Waals surface area contributed by atoms with Crippen molar-refractivity contribution in [2.75, 3.05) is 11.9 Å². The predicted molar refractivity (Wildman–Crippen MR) is 117 cm³/mol. The summed E-state index contributed by atoms with van der Waals surface area (Å²) in [5.74, 6) is 0.899. The van der Waals surface area contributed by atoms with Crippen LogP contribution in [0.3, 0.4) is 0 Å². The third-order valence-corrected chi connectivity index (χ3v) is 4.68. The van der Waals surface area contributed by atoms with Gasteiger partial charge in [0.1, 0.15) is 11.5 Å². The number of nitrogens with one attached hydrogen (secondary N) is 2. The minimum absolute atomic E-state index is 0.110. The quantitative estimate of drug-likeness (QED) is 0.338. The first-order chi connectivity index (χ1) is 14.2. The Labute approximate surface area is 173 Å². The summed E-state index contributed by atoms with van der Waals surface area (Å²) >= 11 is 6.17. The largest absolute Gasteiger partial charge is 0.455 e. The Kier molecular flexibility index (Phi) is 5.59. The van der Waals surface area contributed by atoms with Gasteiger partial charge < -0.3 is 9.73 Å². The summed E-state index contributed by atoms with van der Waals surface area (Å²) in [6.45, 7) is 0.110. The lowest BCUT2D eigenvalue weighted by Crippen LogP contribution is -2.25. The lowest BCUT2D eigenvalue weighted by molar-refractivity contribution is -0.119. The van der Waals surface area contributed by atoms with Gasteiger partial charge in [0, 0.05) is 11.3 Å². The van der Waals surface area contributed by atoms with E-state index in [0.717, 1.165) is 22.0 Å². The van der Waals surface area contributed by atoms with Crippen LogP contribution in [0.2, 0.25) is 5.02 Å². The zero-order chi connectivity index (χ0) is 20.1. The van der Waals surface area contributed by atoms with Crippen molar-refractivity contribution in [2.45, 2.75) is 0 Å². The molecule has 1 aromatic heterocycles. The molecule has 5 nitrogen and oxygen atoms in total. The van der Waals surface area contributed by atoms with Gasteiger partial charge in [-0.25, -0.2) is 5.43 Å². The minimum atomic E-state index is -0.257. The number of nitrogens with zero attached hydrogens (tertiary/aromatic N) is 1. The Bertz CT molecular complexity index is 1180. The Balaban J connectivity index is 1.31. The van der Waals surface area contributed by atoms with E-state index in [-0.39, 0.29) is 12.5 Å². The number of fused-ring (bicyclic) bond motifs is 1. The van der Waals surface area contributed by atoms with Crippen molar-refractivity contribution in [3.63, 3.8) is 0 Å². The van der Waals surface area contributed by atoms with Crippen LogP contribution in [0.4, 0.5) is 5.69 Å². The van der Waals surface area contributed by atoms with Gasteiger partial charge in [0.2, 0.25) is 0 Å². The zero-order valence-corrected chi connectivity index (χ0v) is 16.2. The molecule has 2 N–H and O–H groups in total. The fraction of sp³-hybridized carbons (Fsp3) is 0.0435. The van der Waals surface area contributed by atoms with Crippen LogP contribution in [0.5, 0.6) is 0 Å². The van der Waals surface area contributed by atoms with Gasteiger partial charge in [0.25, 0.3) is 5.91 Å². The molecule has 0 aliphatic rings. The molecule has 3 aromatic carbocycles. The van der Waals surface area contributed by atoms with Crippen LogP contribution in [0.25, 0.3) is 22.1 Å². The number of furan rings is 1. The van der Waals surface area contributed by atoms with Crippen LogP contribution in [0.1, 0.15) is 5.76 Å². The summed E-state index contributed by atoms with van der Waals surface area (Å²) in [6.07, 6.45) is 1.45. The summed E-state index contributed by atoms with van der Waals surface area (Å²) in [5, 5.41) is 9.91. The van der Waals surface area contributed by atoms with Crippen molar-refractivity contribution >= 4 is 40.2 Å². The van der Waals surface area contributed by atoms with Crippen molar-refractivity contribution in [2.24, 2.45) is 5.10 Å². The van der Waals surface area contributed by atoms with Crippen molar-refractivity contribution in [1.29, 1.82) is 0 Å².